The van der Waals surface area contributed by atoms with Crippen LogP contribution in [-0.2, 0) is 19.3 Å². The van der Waals surface area contributed by atoms with Crippen molar-refractivity contribution in [2.75, 3.05) is 5.32 Å². The van der Waals surface area contributed by atoms with Crippen LogP contribution in [0.15, 0.2) is 48.5 Å². The first-order chi connectivity index (χ1) is 13.2. The van der Waals surface area contributed by atoms with Crippen molar-refractivity contribution in [3.05, 3.63) is 75.4 Å². The molecule has 0 amide bonds. The number of benzene rings is 2. The summed E-state index contributed by atoms with van der Waals surface area (Å²) in [5.74, 6) is 0. The number of nitrogens with zero attached hydrogens (tertiary/aromatic N) is 2. The number of rotatable bonds is 4. The maximum atomic E-state index is 8.83. The van der Waals surface area contributed by atoms with Gasteiger partial charge in [0, 0.05) is 22.0 Å². The Morgan fingerprint density at radius 3 is 2.63 bits per heavy atom. The van der Waals surface area contributed by atoms with E-state index in [2.05, 4.69) is 11.4 Å². The number of fused-ring (bicyclic) bond motifs is 1. The molecule has 0 unspecified atom stereocenters. The number of aromatic nitrogens is 1. The van der Waals surface area contributed by atoms with Crippen molar-refractivity contribution in [2.45, 2.75) is 25.7 Å². The van der Waals surface area contributed by atoms with Gasteiger partial charge in [0.25, 0.3) is 0 Å². The molecule has 2 aromatic carbocycles. The average molecular weight is 394 g/mol. The van der Waals surface area contributed by atoms with Gasteiger partial charge >= 0.3 is 0 Å². The molecule has 1 heterocycles. The summed E-state index contributed by atoms with van der Waals surface area (Å²) in [4.78, 5) is 4.84. The largest absolute Gasteiger partial charge is 0.354 e. The van der Waals surface area contributed by atoms with Crippen molar-refractivity contribution in [1.82, 2.24) is 4.98 Å². The van der Waals surface area contributed by atoms with Crippen LogP contribution in [0.3, 0.4) is 0 Å². The number of pyridine rings is 1. The van der Waals surface area contributed by atoms with Gasteiger partial charge in [-0.2, -0.15) is 5.26 Å². The number of halogens is 2. The second kappa shape index (κ2) is 7.60. The summed E-state index contributed by atoms with van der Waals surface area (Å²) in [5.41, 5.74) is 6.80. The maximum absolute atomic E-state index is 8.83. The molecule has 134 valence electrons. The van der Waals surface area contributed by atoms with Gasteiger partial charge in [-0.05, 0) is 54.7 Å². The highest BCUT2D eigenvalue weighted by Crippen LogP contribution is 2.41. The number of nitrogens with one attached hydrogen (secondary N) is 1. The maximum Gasteiger partial charge on any atom is 0.0913 e. The summed E-state index contributed by atoms with van der Waals surface area (Å²) in [5, 5.41) is 13.6. The zero-order valence-corrected chi connectivity index (χ0v) is 16.1. The summed E-state index contributed by atoms with van der Waals surface area (Å²) in [6.45, 7) is 0. The van der Waals surface area contributed by atoms with E-state index in [4.69, 9.17) is 33.4 Å². The molecule has 0 fully saturated rings. The van der Waals surface area contributed by atoms with Crippen LogP contribution < -0.4 is 5.32 Å². The quantitative estimate of drug-likeness (QED) is 0.561. The monoisotopic (exact) mass is 393 g/mol. The van der Waals surface area contributed by atoms with Crippen molar-refractivity contribution in [3.8, 4) is 17.3 Å². The number of anilines is 2. The van der Waals surface area contributed by atoms with Gasteiger partial charge in [-0.1, -0.05) is 47.5 Å². The van der Waals surface area contributed by atoms with E-state index < -0.39 is 0 Å². The van der Waals surface area contributed by atoms with Crippen LogP contribution >= 0.6 is 23.2 Å². The van der Waals surface area contributed by atoms with E-state index in [1.165, 1.54) is 5.56 Å². The molecule has 1 aliphatic rings. The van der Waals surface area contributed by atoms with Crippen molar-refractivity contribution >= 4 is 34.6 Å². The van der Waals surface area contributed by atoms with Crippen LogP contribution in [0.25, 0.3) is 11.3 Å². The molecule has 5 heteroatoms. The fourth-order valence-electron chi connectivity index (χ4n) is 3.45. The van der Waals surface area contributed by atoms with Crippen LogP contribution in [0.1, 0.15) is 23.2 Å². The van der Waals surface area contributed by atoms with E-state index in [-0.39, 0.29) is 0 Å². The van der Waals surface area contributed by atoms with Crippen LogP contribution in [-0.4, -0.2) is 4.98 Å². The molecular weight excluding hydrogens is 377 g/mol. The Bertz CT molecular complexity index is 1040. The van der Waals surface area contributed by atoms with Gasteiger partial charge in [0.2, 0.25) is 0 Å². The van der Waals surface area contributed by atoms with E-state index in [0.29, 0.717) is 16.5 Å². The Balaban J connectivity index is 1.77. The first kappa shape index (κ1) is 17.9. The molecule has 0 radical (unpaired) electrons. The minimum atomic E-state index is 0.407. The molecule has 0 spiro atoms. The lowest BCUT2D eigenvalue weighted by atomic mass is 10.1. The highest BCUT2D eigenvalue weighted by atomic mass is 35.5. The van der Waals surface area contributed by atoms with E-state index in [0.717, 1.165) is 53.2 Å². The smallest absolute Gasteiger partial charge is 0.0913 e. The van der Waals surface area contributed by atoms with E-state index >= 15 is 0 Å². The first-order valence-electron chi connectivity index (χ1n) is 8.86. The lowest BCUT2D eigenvalue weighted by molar-refractivity contribution is 0.900. The van der Waals surface area contributed by atoms with Gasteiger partial charge in [-0.15, -0.1) is 0 Å². The Morgan fingerprint density at radius 2 is 1.89 bits per heavy atom. The highest BCUT2D eigenvalue weighted by molar-refractivity contribution is 6.36. The number of aryl methyl sites for hydroxylation is 1. The van der Waals surface area contributed by atoms with Gasteiger partial charge in [0.05, 0.1) is 28.9 Å². The molecule has 1 aromatic heterocycles. The molecule has 0 atom stereocenters. The molecule has 0 saturated heterocycles. The molecule has 1 aliphatic carbocycles. The Morgan fingerprint density at radius 1 is 1.07 bits per heavy atom. The molecule has 0 bridgehead atoms. The van der Waals surface area contributed by atoms with E-state index in [9.17, 15) is 0 Å². The molecule has 4 rings (SSSR count). The van der Waals surface area contributed by atoms with Gasteiger partial charge < -0.3 is 5.32 Å². The second-order valence-electron chi connectivity index (χ2n) is 6.60. The van der Waals surface area contributed by atoms with E-state index in [1.54, 1.807) is 0 Å². The van der Waals surface area contributed by atoms with Gasteiger partial charge in [0.15, 0.2) is 0 Å². The fourth-order valence-corrected chi connectivity index (χ4v) is 3.96. The predicted octanol–water partition coefficient (Wildman–Crippen LogP) is 6.35. The van der Waals surface area contributed by atoms with Crippen LogP contribution in [0, 0.1) is 11.3 Å². The third-order valence-corrected chi connectivity index (χ3v) is 5.37. The number of nitriles is 1. The normalized spacial score (nSPS) is 12.5. The Labute approximate surface area is 168 Å². The minimum Gasteiger partial charge on any atom is -0.354 e. The summed E-state index contributed by atoms with van der Waals surface area (Å²) < 4.78 is 0. The highest BCUT2D eigenvalue weighted by Gasteiger charge is 2.23. The zero-order valence-electron chi connectivity index (χ0n) is 14.6. The molecule has 3 nitrogen and oxygen atoms in total. The topological polar surface area (TPSA) is 48.7 Å². The first-order valence-corrected chi connectivity index (χ1v) is 9.61. The zero-order chi connectivity index (χ0) is 18.8. The van der Waals surface area contributed by atoms with Gasteiger partial charge in [-0.3, -0.25) is 4.98 Å². The standard InChI is InChI=1S/C22H17Cl2N3/c23-16-4-1-3-15(13-16)21-20(24)22(18-5-2-6-19(18)27-21)26-17-9-7-14(8-10-17)11-12-25/h1,3-4,7-10,13H,2,5-6,11H2,(H,26,27). The second-order valence-corrected chi connectivity index (χ2v) is 7.41. The van der Waals surface area contributed by atoms with Gasteiger partial charge in [-0.25, -0.2) is 0 Å². The third kappa shape index (κ3) is 3.64. The lowest BCUT2D eigenvalue weighted by Crippen LogP contribution is -2.02. The van der Waals surface area contributed by atoms with Crippen LogP contribution in [0.2, 0.25) is 10.0 Å². The number of hydrogen-bond donors (Lipinski definition) is 1. The van der Waals surface area contributed by atoms with Gasteiger partial charge in [0.1, 0.15) is 0 Å². The number of hydrogen-bond acceptors (Lipinski definition) is 3. The predicted molar refractivity (Wildman–Crippen MR) is 111 cm³/mol. The van der Waals surface area contributed by atoms with Crippen molar-refractivity contribution < 1.29 is 0 Å². The Hall–Kier alpha value is -2.54. The summed E-state index contributed by atoms with van der Waals surface area (Å²) in [6.07, 6.45) is 3.40. The average Bonchev–Trinajstić information content (AvgIpc) is 3.14. The van der Waals surface area contributed by atoms with Crippen LogP contribution in [0.4, 0.5) is 11.4 Å². The van der Waals surface area contributed by atoms with Crippen molar-refractivity contribution in [3.63, 3.8) is 0 Å². The molecule has 1 N–H and O–H groups in total. The van der Waals surface area contributed by atoms with E-state index in [1.807, 2.05) is 48.5 Å². The third-order valence-electron chi connectivity index (χ3n) is 4.77. The molecule has 0 aliphatic heterocycles. The Kier molecular flexibility index (Phi) is 5.03. The molecular formula is C22H17Cl2N3. The summed E-state index contributed by atoms with van der Waals surface area (Å²) >= 11 is 13.0. The molecule has 3 aromatic rings. The van der Waals surface area contributed by atoms with Crippen molar-refractivity contribution in [1.29, 1.82) is 5.26 Å². The fraction of sp³-hybridized carbons (Fsp3) is 0.182. The minimum absolute atomic E-state index is 0.407. The van der Waals surface area contributed by atoms with Crippen LogP contribution in [0.5, 0.6) is 0 Å². The SMILES string of the molecule is N#CCc1ccc(Nc2c(Cl)c(-c3cccc(Cl)c3)nc3c2CCC3)cc1. The lowest BCUT2D eigenvalue weighted by Gasteiger charge is -2.17. The molecule has 27 heavy (non-hydrogen) atoms. The van der Waals surface area contributed by atoms with Crippen molar-refractivity contribution in [2.24, 2.45) is 0 Å². The summed E-state index contributed by atoms with van der Waals surface area (Å²) in [7, 11) is 0. The molecule has 0 saturated carbocycles. The summed E-state index contributed by atoms with van der Waals surface area (Å²) in [6, 6.07) is 17.6.